The van der Waals surface area contributed by atoms with Crippen LogP contribution in [0.25, 0.3) is 0 Å². The van der Waals surface area contributed by atoms with E-state index in [4.69, 9.17) is 15.3 Å². The number of hydrogen-bond acceptors (Lipinski definition) is 5. The van der Waals surface area contributed by atoms with Gasteiger partial charge < -0.3 is 20.2 Å². The number of amides is 1. The third kappa shape index (κ3) is 3.99. The van der Waals surface area contributed by atoms with E-state index in [1.807, 2.05) is 0 Å². The number of anilines is 1. The number of nitrogens with one attached hydrogen (secondary N) is 2. The lowest BCUT2D eigenvalue weighted by atomic mass is 10.1. The third-order valence-corrected chi connectivity index (χ3v) is 2.50. The second-order valence-electron chi connectivity index (χ2n) is 3.71. The zero-order chi connectivity index (χ0) is 13.4. The minimum atomic E-state index is -0.207. The van der Waals surface area contributed by atoms with E-state index < -0.39 is 0 Å². The average molecular weight is 253 g/mol. The van der Waals surface area contributed by atoms with Crippen molar-refractivity contribution in [2.24, 2.45) is 5.84 Å². The molecule has 0 spiro atoms. The van der Waals surface area contributed by atoms with Crippen LogP contribution in [0, 0.1) is 0 Å². The first-order valence-electron chi connectivity index (χ1n) is 5.58. The van der Waals surface area contributed by atoms with Gasteiger partial charge in [0.1, 0.15) is 0 Å². The van der Waals surface area contributed by atoms with Gasteiger partial charge in [0.2, 0.25) is 0 Å². The van der Waals surface area contributed by atoms with E-state index in [0.29, 0.717) is 24.4 Å². The molecule has 0 aliphatic carbocycles. The Kier molecular flexibility index (Phi) is 6.13. The van der Waals surface area contributed by atoms with Crippen LogP contribution in [0.4, 0.5) is 5.69 Å². The molecule has 0 radical (unpaired) electrons. The Balaban J connectivity index is 2.59. The second kappa shape index (κ2) is 7.65. The highest BCUT2D eigenvalue weighted by molar-refractivity contribution is 5.99. The van der Waals surface area contributed by atoms with Crippen LogP contribution >= 0.6 is 0 Å². The average Bonchev–Trinajstić information content (AvgIpc) is 2.42. The molecule has 1 amide bonds. The van der Waals surface area contributed by atoms with Crippen LogP contribution in [-0.4, -0.2) is 39.4 Å². The number of methoxy groups -OCH3 is 2. The lowest BCUT2D eigenvalue weighted by molar-refractivity contribution is 0.0285. The SMILES string of the molecule is COCC(CNC(=O)c1ccccc1NN)OC. The summed E-state index contributed by atoms with van der Waals surface area (Å²) in [6.07, 6.45) is -0.169. The van der Waals surface area contributed by atoms with E-state index in [1.54, 1.807) is 38.5 Å². The number of hydrogen-bond donors (Lipinski definition) is 3. The number of hydrazine groups is 1. The molecule has 0 fully saturated rings. The number of nitrogen functional groups attached to an aromatic ring is 1. The lowest BCUT2D eigenvalue weighted by Gasteiger charge is -2.15. The van der Waals surface area contributed by atoms with Crippen LogP contribution in [0.2, 0.25) is 0 Å². The van der Waals surface area contributed by atoms with Gasteiger partial charge in [0.15, 0.2) is 0 Å². The summed E-state index contributed by atoms with van der Waals surface area (Å²) in [7, 11) is 3.16. The van der Waals surface area contributed by atoms with Crippen molar-refractivity contribution in [1.29, 1.82) is 0 Å². The minimum Gasteiger partial charge on any atom is -0.382 e. The molecule has 1 aromatic rings. The Morgan fingerprint density at radius 3 is 2.72 bits per heavy atom. The first kappa shape index (κ1) is 14.4. The fourth-order valence-corrected chi connectivity index (χ4v) is 1.50. The summed E-state index contributed by atoms with van der Waals surface area (Å²) in [6.45, 7) is 0.801. The van der Waals surface area contributed by atoms with E-state index in [-0.39, 0.29) is 12.0 Å². The number of ether oxygens (including phenoxy) is 2. The van der Waals surface area contributed by atoms with Crippen LogP contribution in [-0.2, 0) is 9.47 Å². The van der Waals surface area contributed by atoms with E-state index in [1.165, 1.54) is 0 Å². The summed E-state index contributed by atoms with van der Waals surface area (Å²) < 4.78 is 10.1. The Labute approximate surface area is 106 Å². The quantitative estimate of drug-likeness (QED) is 0.482. The Hall–Kier alpha value is -1.63. The molecule has 0 saturated carbocycles. The molecule has 0 aromatic heterocycles. The van der Waals surface area contributed by atoms with Crippen molar-refractivity contribution in [2.45, 2.75) is 6.10 Å². The van der Waals surface area contributed by atoms with Gasteiger partial charge in [0, 0.05) is 20.8 Å². The number of nitrogens with two attached hydrogens (primary N) is 1. The second-order valence-corrected chi connectivity index (χ2v) is 3.71. The molecule has 1 aromatic carbocycles. The normalized spacial score (nSPS) is 11.9. The molecular formula is C12H19N3O3. The van der Waals surface area contributed by atoms with Crippen molar-refractivity contribution in [2.75, 3.05) is 32.8 Å². The maximum atomic E-state index is 11.9. The number of para-hydroxylation sites is 1. The van der Waals surface area contributed by atoms with Gasteiger partial charge in [-0.1, -0.05) is 12.1 Å². The van der Waals surface area contributed by atoms with Crippen molar-refractivity contribution in [3.63, 3.8) is 0 Å². The highest BCUT2D eigenvalue weighted by atomic mass is 16.5. The molecule has 18 heavy (non-hydrogen) atoms. The van der Waals surface area contributed by atoms with Crippen LogP contribution in [0.15, 0.2) is 24.3 Å². The standard InChI is InChI=1S/C12H19N3O3/c1-17-8-9(18-2)7-14-12(16)10-5-3-4-6-11(10)15-13/h3-6,9,15H,7-8,13H2,1-2H3,(H,14,16). The van der Waals surface area contributed by atoms with Crippen LogP contribution in [0.3, 0.4) is 0 Å². The summed E-state index contributed by atoms with van der Waals surface area (Å²) in [4.78, 5) is 11.9. The van der Waals surface area contributed by atoms with Crippen molar-refractivity contribution in [3.8, 4) is 0 Å². The number of rotatable bonds is 7. The van der Waals surface area contributed by atoms with Gasteiger partial charge in [0.05, 0.1) is 24.0 Å². The zero-order valence-corrected chi connectivity index (χ0v) is 10.6. The van der Waals surface area contributed by atoms with Gasteiger partial charge in [-0.25, -0.2) is 0 Å². The Morgan fingerprint density at radius 1 is 1.39 bits per heavy atom. The monoisotopic (exact) mass is 253 g/mol. The molecule has 1 atom stereocenters. The van der Waals surface area contributed by atoms with Gasteiger partial charge in [0.25, 0.3) is 5.91 Å². The summed E-state index contributed by atoms with van der Waals surface area (Å²) >= 11 is 0. The molecule has 100 valence electrons. The van der Waals surface area contributed by atoms with Gasteiger partial charge in [-0.3, -0.25) is 10.6 Å². The smallest absolute Gasteiger partial charge is 0.253 e. The first-order chi connectivity index (χ1) is 8.72. The molecule has 1 rings (SSSR count). The first-order valence-corrected chi connectivity index (χ1v) is 5.58. The molecule has 6 heteroatoms. The van der Waals surface area contributed by atoms with E-state index in [2.05, 4.69) is 10.7 Å². The van der Waals surface area contributed by atoms with E-state index >= 15 is 0 Å². The molecule has 6 nitrogen and oxygen atoms in total. The summed E-state index contributed by atoms with van der Waals surface area (Å²) in [5.41, 5.74) is 3.56. The summed E-state index contributed by atoms with van der Waals surface area (Å²) in [6, 6.07) is 7.01. The van der Waals surface area contributed by atoms with Crippen molar-refractivity contribution in [3.05, 3.63) is 29.8 Å². The fraction of sp³-hybridized carbons (Fsp3) is 0.417. The maximum Gasteiger partial charge on any atom is 0.253 e. The largest absolute Gasteiger partial charge is 0.382 e. The highest BCUT2D eigenvalue weighted by Crippen LogP contribution is 2.12. The summed E-state index contributed by atoms with van der Waals surface area (Å²) in [5.74, 6) is 5.14. The minimum absolute atomic E-state index is 0.169. The molecular weight excluding hydrogens is 234 g/mol. The topological polar surface area (TPSA) is 85.6 Å². The molecule has 0 bridgehead atoms. The molecule has 0 aliphatic rings. The molecule has 0 aliphatic heterocycles. The maximum absolute atomic E-state index is 11.9. The predicted octanol–water partition coefficient (Wildman–Crippen LogP) is 0.363. The van der Waals surface area contributed by atoms with Crippen molar-refractivity contribution in [1.82, 2.24) is 5.32 Å². The third-order valence-electron chi connectivity index (χ3n) is 2.50. The molecule has 4 N–H and O–H groups in total. The molecule has 0 saturated heterocycles. The van der Waals surface area contributed by atoms with E-state index in [9.17, 15) is 4.79 Å². The number of carbonyl (C=O) groups is 1. The predicted molar refractivity (Wildman–Crippen MR) is 69.3 cm³/mol. The lowest BCUT2D eigenvalue weighted by Crippen LogP contribution is -2.36. The van der Waals surface area contributed by atoms with Crippen molar-refractivity contribution < 1.29 is 14.3 Å². The van der Waals surface area contributed by atoms with Gasteiger partial charge >= 0.3 is 0 Å². The van der Waals surface area contributed by atoms with Crippen molar-refractivity contribution >= 4 is 11.6 Å². The fourth-order valence-electron chi connectivity index (χ4n) is 1.50. The number of benzene rings is 1. The van der Waals surface area contributed by atoms with Crippen LogP contribution < -0.4 is 16.6 Å². The van der Waals surface area contributed by atoms with Gasteiger partial charge in [-0.2, -0.15) is 0 Å². The van der Waals surface area contributed by atoms with E-state index in [0.717, 1.165) is 0 Å². The Morgan fingerprint density at radius 2 is 2.11 bits per heavy atom. The van der Waals surface area contributed by atoms with Gasteiger partial charge in [-0.15, -0.1) is 0 Å². The highest BCUT2D eigenvalue weighted by Gasteiger charge is 2.13. The summed E-state index contributed by atoms with van der Waals surface area (Å²) in [5, 5.41) is 2.77. The number of carbonyl (C=O) groups excluding carboxylic acids is 1. The molecule has 1 unspecified atom stereocenters. The van der Waals surface area contributed by atoms with Crippen LogP contribution in [0.1, 0.15) is 10.4 Å². The zero-order valence-electron chi connectivity index (χ0n) is 10.6. The van der Waals surface area contributed by atoms with Crippen LogP contribution in [0.5, 0.6) is 0 Å². The Bertz CT molecular complexity index is 385. The molecule has 0 heterocycles. The van der Waals surface area contributed by atoms with Gasteiger partial charge in [-0.05, 0) is 12.1 Å².